The first kappa shape index (κ1) is 12.2. The van der Waals surface area contributed by atoms with Crippen LogP contribution >= 0.6 is 11.3 Å². The molecule has 0 saturated carbocycles. The molecule has 0 aliphatic heterocycles. The van der Waals surface area contributed by atoms with Crippen LogP contribution in [-0.4, -0.2) is 23.6 Å². The zero-order valence-corrected chi connectivity index (χ0v) is 11.1. The van der Waals surface area contributed by atoms with Crippen molar-refractivity contribution in [3.05, 3.63) is 30.9 Å². The zero-order chi connectivity index (χ0) is 12.5. The standard InChI is InChI=1S/C11H12N2O2S2/c1-8(2)17(14,15)11-4-3-10(16-11)9-5-12-7-13-6-9/h3-8H,1-2H3. The molecular weight excluding hydrogens is 256 g/mol. The fourth-order valence-electron chi connectivity index (χ4n) is 1.29. The van der Waals surface area contributed by atoms with Crippen molar-refractivity contribution in [3.8, 4) is 10.4 Å². The number of hydrogen-bond acceptors (Lipinski definition) is 5. The molecule has 6 heteroatoms. The van der Waals surface area contributed by atoms with Crippen molar-refractivity contribution in [2.24, 2.45) is 0 Å². The lowest BCUT2D eigenvalue weighted by Crippen LogP contribution is -2.12. The number of rotatable bonds is 3. The van der Waals surface area contributed by atoms with Crippen molar-refractivity contribution in [1.29, 1.82) is 0 Å². The van der Waals surface area contributed by atoms with Gasteiger partial charge in [0, 0.05) is 22.8 Å². The van der Waals surface area contributed by atoms with E-state index >= 15 is 0 Å². The third-order valence-corrected chi connectivity index (χ3v) is 6.14. The minimum absolute atomic E-state index is 0.395. The average Bonchev–Trinajstić information content (AvgIpc) is 2.80. The Hall–Kier alpha value is -1.27. The summed E-state index contributed by atoms with van der Waals surface area (Å²) in [6.07, 6.45) is 4.79. The van der Waals surface area contributed by atoms with Gasteiger partial charge in [-0.25, -0.2) is 18.4 Å². The minimum Gasteiger partial charge on any atom is -0.244 e. The maximum atomic E-state index is 12.0. The highest BCUT2D eigenvalue weighted by molar-refractivity contribution is 7.94. The first-order chi connectivity index (χ1) is 8.01. The van der Waals surface area contributed by atoms with E-state index < -0.39 is 15.1 Å². The van der Waals surface area contributed by atoms with Crippen LogP contribution in [0.5, 0.6) is 0 Å². The lowest BCUT2D eigenvalue weighted by molar-refractivity contribution is 0.589. The molecule has 0 aromatic carbocycles. The third-order valence-electron chi connectivity index (χ3n) is 2.33. The van der Waals surface area contributed by atoms with E-state index in [1.54, 1.807) is 38.4 Å². The molecule has 90 valence electrons. The fraction of sp³-hybridized carbons (Fsp3) is 0.273. The maximum Gasteiger partial charge on any atom is 0.190 e. The number of aromatic nitrogens is 2. The second-order valence-corrected chi connectivity index (χ2v) is 7.65. The van der Waals surface area contributed by atoms with Crippen LogP contribution in [0.2, 0.25) is 0 Å². The Morgan fingerprint density at radius 2 is 1.82 bits per heavy atom. The smallest absolute Gasteiger partial charge is 0.190 e. The van der Waals surface area contributed by atoms with Gasteiger partial charge in [0.05, 0.1) is 5.25 Å². The van der Waals surface area contributed by atoms with E-state index in [0.29, 0.717) is 4.21 Å². The highest BCUT2D eigenvalue weighted by Gasteiger charge is 2.21. The Balaban J connectivity index is 2.42. The summed E-state index contributed by atoms with van der Waals surface area (Å²) in [5, 5.41) is -0.402. The average molecular weight is 268 g/mol. The van der Waals surface area contributed by atoms with Crippen molar-refractivity contribution >= 4 is 21.2 Å². The first-order valence-corrected chi connectivity index (χ1v) is 7.47. The normalized spacial score (nSPS) is 11.9. The number of nitrogens with zero attached hydrogens (tertiary/aromatic N) is 2. The van der Waals surface area contributed by atoms with Gasteiger partial charge in [-0.3, -0.25) is 0 Å². The molecule has 2 aromatic heterocycles. The third kappa shape index (κ3) is 2.37. The number of hydrogen-bond donors (Lipinski definition) is 0. The van der Waals surface area contributed by atoms with E-state index in [4.69, 9.17) is 0 Å². The molecule has 0 unspecified atom stereocenters. The van der Waals surface area contributed by atoms with Gasteiger partial charge in [-0.2, -0.15) is 0 Å². The van der Waals surface area contributed by atoms with Crippen molar-refractivity contribution in [3.63, 3.8) is 0 Å². The summed E-state index contributed by atoms with van der Waals surface area (Å²) in [4.78, 5) is 8.69. The molecule has 0 atom stereocenters. The molecule has 17 heavy (non-hydrogen) atoms. The van der Waals surface area contributed by atoms with Gasteiger partial charge in [0.2, 0.25) is 0 Å². The van der Waals surface area contributed by atoms with E-state index in [9.17, 15) is 8.42 Å². The molecule has 0 aliphatic rings. The van der Waals surface area contributed by atoms with Gasteiger partial charge in [-0.15, -0.1) is 11.3 Å². The summed E-state index contributed by atoms with van der Waals surface area (Å²) in [6, 6.07) is 3.43. The van der Waals surface area contributed by atoms with Crippen LogP contribution < -0.4 is 0 Å². The van der Waals surface area contributed by atoms with Crippen LogP contribution in [0.15, 0.2) is 35.1 Å². The van der Waals surface area contributed by atoms with Gasteiger partial charge in [0.15, 0.2) is 9.84 Å². The van der Waals surface area contributed by atoms with Crippen molar-refractivity contribution in [2.75, 3.05) is 0 Å². The molecule has 0 radical (unpaired) electrons. The molecule has 2 aromatic rings. The molecule has 4 nitrogen and oxygen atoms in total. The Kier molecular flexibility index (Phi) is 3.26. The van der Waals surface area contributed by atoms with E-state index in [-0.39, 0.29) is 0 Å². The number of thiophene rings is 1. The molecular formula is C11H12N2O2S2. The molecule has 2 heterocycles. The second kappa shape index (κ2) is 4.54. The van der Waals surface area contributed by atoms with Crippen LogP contribution in [0.25, 0.3) is 10.4 Å². The monoisotopic (exact) mass is 268 g/mol. The van der Waals surface area contributed by atoms with E-state index in [0.717, 1.165) is 10.4 Å². The van der Waals surface area contributed by atoms with Crippen LogP contribution in [-0.2, 0) is 9.84 Å². The highest BCUT2D eigenvalue weighted by atomic mass is 32.2. The summed E-state index contributed by atoms with van der Waals surface area (Å²) in [5.74, 6) is 0. The Labute approximate surface area is 104 Å². The van der Waals surface area contributed by atoms with Crippen LogP contribution in [0, 0.1) is 0 Å². The minimum atomic E-state index is -3.19. The molecule has 0 saturated heterocycles. The predicted octanol–water partition coefficient (Wildman–Crippen LogP) is 2.39. The van der Waals surface area contributed by atoms with Crippen molar-refractivity contribution < 1.29 is 8.42 Å². The van der Waals surface area contributed by atoms with Gasteiger partial charge in [-0.05, 0) is 26.0 Å². The predicted molar refractivity (Wildman–Crippen MR) is 67.7 cm³/mol. The zero-order valence-electron chi connectivity index (χ0n) is 9.49. The van der Waals surface area contributed by atoms with E-state index in [1.165, 1.54) is 17.7 Å². The second-order valence-electron chi connectivity index (χ2n) is 3.84. The summed E-state index contributed by atoms with van der Waals surface area (Å²) in [6.45, 7) is 3.36. The summed E-state index contributed by atoms with van der Waals surface area (Å²) in [7, 11) is -3.19. The summed E-state index contributed by atoms with van der Waals surface area (Å²) < 4.78 is 24.3. The topological polar surface area (TPSA) is 59.9 Å². The molecule has 0 spiro atoms. The van der Waals surface area contributed by atoms with E-state index in [2.05, 4.69) is 9.97 Å². The van der Waals surface area contributed by atoms with Gasteiger partial charge in [0.1, 0.15) is 10.5 Å². The molecule has 0 amide bonds. The summed E-state index contributed by atoms with van der Waals surface area (Å²) in [5.41, 5.74) is 0.836. The Morgan fingerprint density at radius 3 is 2.41 bits per heavy atom. The highest BCUT2D eigenvalue weighted by Crippen LogP contribution is 2.31. The quantitative estimate of drug-likeness (QED) is 0.857. The Bertz CT molecular complexity index is 603. The van der Waals surface area contributed by atoms with Gasteiger partial charge in [0.25, 0.3) is 0 Å². The van der Waals surface area contributed by atoms with Crippen molar-refractivity contribution in [2.45, 2.75) is 23.3 Å². The molecule has 0 fully saturated rings. The lowest BCUT2D eigenvalue weighted by atomic mass is 10.3. The molecule has 0 N–H and O–H groups in total. The van der Waals surface area contributed by atoms with Gasteiger partial charge in [-0.1, -0.05) is 0 Å². The largest absolute Gasteiger partial charge is 0.244 e. The summed E-state index contributed by atoms with van der Waals surface area (Å²) >= 11 is 1.25. The molecule has 0 aliphatic carbocycles. The molecule has 2 rings (SSSR count). The van der Waals surface area contributed by atoms with Crippen molar-refractivity contribution in [1.82, 2.24) is 9.97 Å². The maximum absolute atomic E-state index is 12.0. The van der Waals surface area contributed by atoms with Gasteiger partial charge >= 0.3 is 0 Å². The Morgan fingerprint density at radius 1 is 1.18 bits per heavy atom. The fourth-order valence-corrected chi connectivity index (χ4v) is 4.03. The molecule has 0 bridgehead atoms. The van der Waals surface area contributed by atoms with Crippen LogP contribution in [0.4, 0.5) is 0 Å². The first-order valence-electron chi connectivity index (χ1n) is 5.11. The number of sulfone groups is 1. The van der Waals surface area contributed by atoms with Crippen LogP contribution in [0.1, 0.15) is 13.8 Å². The van der Waals surface area contributed by atoms with E-state index in [1.807, 2.05) is 0 Å². The SMILES string of the molecule is CC(C)S(=O)(=O)c1ccc(-c2cncnc2)s1. The van der Waals surface area contributed by atoms with Gasteiger partial charge < -0.3 is 0 Å². The van der Waals surface area contributed by atoms with Crippen LogP contribution in [0.3, 0.4) is 0 Å². The lowest BCUT2D eigenvalue weighted by Gasteiger charge is -2.03.